The van der Waals surface area contributed by atoms with Gasteiger partial charge in [0.05, 0.1) is 23.8 Å². The van der Waals surface area contributed by atoms with E-state index in [1.165, 1.54) is 11.1 Å². The summed E-state index contributed by atoms with van der Waals surface area (Å²) < 4.78 is 8.57. The van der Waals surface area contributed by atoms with Gasteiger partial charge in [-0.05, 0) is 61.4 Å². The number of hydrogen-bond donors (Lipinski definition) is 0. The Bertz CT molecular complexity index is 1420. The number of halogens is 1. The van der Waals surface area contributed by atoms with Crippen molar-refractivity contribution in [3.63, 3.8) is 0 Å². The van der Waals surface area contributed by atoms with Gasteiger partial charge in [0.2, 0.25) is 0 Å². The monoisotopic (exact) mass is 457 g/mol. The smallest absolute Gasteiger partial charge is 0.119 e. The molecule has 5 heteroatoms. The summed E-state index contributed by atoms with van der Waals surface area (Å²) in [6.07, 6.45) is 1.93. The van der Waals surface area contributed by atoms with E-state index in [9.17, 15) is 0 Å². The third kappa shape index (κ3) is 2.97. The zero-order chi connectivity index (χ0) is 20.8. The van der Waals surface area contributed by atoms with E-state index in [-0.39, 0.29) is 0 Å². The molecule has 0 fully saturated rings. The average molecular weight is 458 g/mol. The normalized spacial score (nSPS) is 11.3. The molecule has 2 aromatic heterocycles. The van der Waals surface area contributed by atoms with Crippen LogP contribution in [0.5, 0.6) is 5.75 Å². The first kappa shape index (κ1) is 18.8. The Morgan fingerprint density at radius 1 is 0.933 bits per heavy atom. The topological polar surface area (TPSA) is 39.9 Å². The summed E-state index contributed by atoms with van der Waals surface area (Å²) in [5.41, 5.74) is 7.40. The van der Waals surface area contributed by atoms with Gasteiger partial charge in [-0.15, -0.1) is 0 Å². The Labute approximate surface area is 183 Å². The molecule has 3 aromatic carbocycles. The van der Waals surface area contributed by atoms with Crippen LogP contribution in [0.1, 0.15) is 11.1 Å². The Kier molecular flexibility index (Phi) is 4.55. The SMILES string of the molecule is COc1ccc2ncc3c(-c4cccc(Br)c4)nn(-c4cccc(C)c4C)c3c2c1. The second kappa shape index (κ2) is 7.26. The van der Waals surface area contributed by atoms with Crippen molar-refractivity contribution < 1.29 is 4.74 Å². The standard InChI is InChI=1S/C25H20BrN3O/c1-15-6-4-9-23(16(15)2)29-25-20-13-19(30-3)10-11-22(20)27-14-21(25)24(28-29)17-7-5-8-18(26)12-17/h4-14H,1-3H3. The van der Waals surface area contributed by atoms with Crippen molar-refractivity contribution in [3.05, 3.63) is 82.5 Å². The van der Waals surface area contributed by atoms with Crippen LogP contribution in [0.4, 0.5) is 0 Å². The largest absolute Gasteiger partial charge is 0.497 e. The Balaban J connectivity index is 1.94. The van der Waals surface area contributed by atoms with Gasteiger partial charge >= 0.3 is 0 Å². The Morgan fingerprint density at radius 3 is 2.57 bits per heavy atom. The van der Waals surface area contributed by atoms with E-state index in [0.29, 0.717) is 0 Å². The first-order valence-corrected chi connectivity index (χ1v) is 10.5. The molecular weight excluding hydrogens is 438 g/mol. The minimum absolute atomic E-state index is 0.800. The lowest BCUT2D eigenvalue weighted by Gasteiger charge is -2.11. The number of benzene rings is 3. The number of aryl methyl sites for hydroxylation is 1. The molecule has 4 nitrogen and oxygen atoms in total. The van der Waals surface area contributed by atoms with Crippen LogP contribution in [-0.4, -0.2) is 21.9 Å². The van der Waals surface area contributed by atoms with Gasteiger partial charge in [-0.2, -0.15) is 5.10 Å². The molecule has 2 heterocycles. The minimum atomic E-state index is 0.800. The predicted molar refractivity (Wildman–Crippen MR) is 126 cm³/mol. The van der Waals surface area contributed by atoms with E-state index in [1.54, 1.807) is 7.11 Å². The maximum absolute atomic E-state index is 5.50. The molecule has 0 radical (unpaired) electrons. The van der Waals surface area contributed by atoms with Gasteiger partial charge < -0.3 is 4.74 Å². The molecule has 0 unspecified atom stereocenters. The van der Waals surface area contributed by atoms with E-state index in [4.69, 9.17) is 14.8 Å². The molecule has 0 aliphatic rings. The van der Waals surface area contributed by atoms with Crippen molar-refractivity contribution in [1.29, 1.82) is 0 Å². The fourth-order valence-electron chi connectivity index (χ4n) is 3.88. The molecule has 0 atom stereocenters. The van der Waals surface area contributed by atoms with E-state index in [1.807, 2.05) is 36.5 Å². The van der Waals surface area contributed by atoms with E-state index < -0.39 is 0 Å². The van der Waals surface area contributed by atoms with Crippen LogP contribution < -0.4 is 4.74 Å². The molecule has 0 saturated carbocycles. The number of methoxy groups -OCH3 is 1. The van der Waals surface area contributed by atoms with E-state index >= 15 is 0 Å². The van der Waals surface area contributed by atoms with Crippen molar-refractivity contribution in [2.75, 3.05) is 7.11 Å². The highest BCUT2D eigenvalue weighted by Crippen LogP contribution is 2.36. The van der Waals surface area contributed by atoms with Gasteiger partial charge in [0, 0.05) is 27.0 Å². The van der Waals surface area contributed by atoms with Gasteiger partial charge in [0.1, 0.15) is 11.4 Å². The molecule has 5 aromatic rings. The van der Waals surface area contributed by atoms with Crippen LogP contribution >= 0.6 is 15.9 Å². The average Bonchev–Trinajstić information content (AvgIpc) is 3.15. The van der Waals surface area contributed by atoms with Gasteiger partial charge in [-0.25, -0.2) is 4.68 Å². The number of nitrogens with zero attached hydrogens (tertiary/aromatic N) is 3. The summed E-state index contributed by atoms with van der Waals surface area (Å²) in [5.74, 6) is 0.800. The molecule has 0 spiro atoms. The molecule has 0 N–H and O–H groups in total. The number of fused-ring (bicyclic) bond motifs is 3. The number of rotatable bonds is 3. The van der Waals surface area contributed by atoms with Crippen molar-refractivity contribution in [1.82, 2.24) is 14.8 Å². The molecule has 0 aliphatic carbocycles. The zero-order valence-corrected chi connectivity index (χ0v) is 18.6. The van der Waals surface area contributed by atoms with Crippen LogP contribution in [0.15, 0.2) is 71.3 Å². The predicted octanol–water partition coefficient (Wildman–Crippen LogP) is 6.63. The molecular formula is C25H20BrN3O. The highest BCUT2D eigenvalue weighted by Gasteiger charge is 2.19. The third-order valence-corrected chi connectivity index (χ3v) is 6.11. The summed E-state index contributed by atoms with van der Waals surface area (Å²) in [7, 11) is 1.68. The Hall–Kier alpha value is -3.18. The molecule has 5 rings (SSSR count). The first-order chi connectivity index (χ1) is 14.6. The van der Waals surface area contributed by atoms with Crippen LogP contribution in [0.3, 0.4) is 0 Å². The quantitative estimate of drug-likeness (QED) is 0.305. The van der Waals surface area contributed by atoms with Crippen molar-refractivity contribution in [2.45, 2.75) is 13.8 Å². The van der Waals surface area contributed by atoms with Crippen LogP contribution in [0.25, 0.3) is 38.8 Å². The van der Waals surface area contributed by atoms with Crippen LogP contribution in [0, 0.1) is 13.8 Å². The van der Waals surface area contributed by atoms with Gasteiger partial charge in [-0.3, -0.25) is 4.98 Å². The summed E-state index contributed by atoms with van der Waals surface area (Å²) in [6.45, 7) is 4.27. The summed E-state index contributed by atoms with van der Waals surface area (Å²) in [6, 6.07) is 20.5. The van der Waals surface area contributed by atoms with Crippen molar-refractivity contribution in [2.24, 2.45) is 0 Å². The summed E-state index contributed by atoms with van der Waals surface area (Å²) >= 11 is 3.59. The fraction of sp³-hybridized carbons (Fsp3) is 0.120. The number of hydrogen-bond acceptors (Lipinski definition) is 3. The lowest BCUT2D eigenvalue weighted by Crippen LogP contribution is -2.01. The second-order valence-corrected chi connectivity index (χ2v) is 8.31. The van der Waals surface area contributed by atoms with E-state index in [0.717, 1.165) is 49.0 Å². The maximum Gasteiger partial charge on any atom is 0.119 e. The molecule has 148 valence electrons. The highest BCUT2D eigenvalue weighted by atomic mass is 79.9. The van der Waals surface area contributed by atoms with Crippen molar-refractivity contribution in [3.8, 4) is 22.7 Å². The molecule has 0 saturated heterocycles. The lowest BCUT2D eigenvalue weighted by molar-refractivity contribution is 0.415. The molecule has 0 amide bonds. The van der Waals surface area contributed by atoms with Crippen molar-refractivity contribution >= 4 is 37.7 Å². The van der Waals surface area contributed by atoms with Gasteiger partial charge in [0.25, 0.3) is 0 Å². The Morgan fingerprint density at radius 2 is 1.77 bits per heavy atom. The van der Waals surface area contributed by atoms with Crippen LogP contribution in [-0.2, 0) is 0 Å². The number of ether oxygens (including phenoxy) is 1. The molecule has 0 aliphatic heterocycles. The van der Waals surface area contributed by atoms with Gasteiger partial charge in [0.15, 0.2) is 0 Å². The number of aromatic nitrogens is 3. The maximum atomic E-state index is 5.50. The summed E-state index contributed by atoms with van der Waals surface area (Å²) in [5, 5.41) is 7.12. The summed E-state index contributed by atoms with van der Waals surface area (Å²) in [4.78, 5) is 4.72. The number of pyridine rings is 1. The molecule has 0 bridgehead atoms. The van der Waals surface area contributed by atoms with Gasteiger partial charge in [-0.1, -0.05) is 40.2 Å². The fourth-order valence-corrected chi connectivity index (χ4v) is 4.28. The highest BCUT2D eigenvalue weighted by molar-refractivity contribution is 9.10. The minimum Gasteiger partial charge on any atom is -0.497 e. The second-order valence-electron chi connectivity index (χ2n) is 7.39. The molecule has 30 heavy (non-hydrogen) atoms. The first-order valence-electron chi connectivity index (χ1n) is 9.75. The van der Waals surface area contributed by atoms with Crippen LogP contribution in [0.2, 0.25) is 0 Å². The third-order valence-electron chi connectivity index (χ3n) is 5.62. The zero-order valence-electron chi connectivity index (χ0n) is 17.0. The lowest BCUT2D eigenvalue weighted by atomic mass is 10.1. The van der Waals surface area contributed by atoms with E-state index in [2.05, 4.69) is 64.8 Å².